The second-order valence-electron chi connectivity index (χ2n) is 3.88. The van der Waals surface area contributed by atoms with E-state index in [-0.39, 0.29) is 0 Å². The van der Waals surface area contributed by atoms with E-state index < -0.39 is 30.4 Å². The number of rotatable bonds is 3. The maximum atomic E-state index is 12.3. The zero-order valence-electron chi connectivity index (χ0n) is 9.30. The number of alkyl halides is 1. The molecule has 1 amide bonds. The predicted octanol–water partition coefficient (Wildman–Crippen LogP) is 1.02. The van der Waals surface area contributed by atoms with Gasteiger partial charge >= 0.3 is 12.1 Å². The van der Waals surface area contributed by atoms with Gasteiger partial charge in [-0.3, -0.25) is 0 Å². The summed E-state index contributed by atoms with van der Waals surface area (Å²) >= 11 is 0. The van der Waals surface area contributed by atoms with Gasteiger partial charge in [0.25, 0.3) is 0 Å². The molecule has 0 aromatic heterocycles. The lowest BCUT2D eigenvalue weighted by molar-refractivity contribution is -0.143. The van der Waals surface area contributed by atoms with Crippen LogP contribution >= 0.6 is 0 Å². The van der Waals surface area contributed by atoms with Crippen molar-refractivity contribution >= 4 is 12.1 Å². The highest BCUT2D eigenvalue weighted by Crippen LogP contribution is 2.06. The van der Waals surface area contributed by atoms with E-state index in [0.29, 0.717) is 0 Å². The third kappa shape index (κ3) is 5.87. The molecule has 0 fully saturated rings. The second kappa shape index (κ2) is 5.53. The summed E-state index contributed by atoms with van der Waals surface area (Å²) in [4.78, 5) is 22.1. The SMILES string of the molecule is COC(=O)[C@H](CF)NC(=O)OC(C)(C)C. The highest BCUT2D eigenvalue weighted by molar-refractivity contribution is 5.81. The van der Waals surface area contributed by atoms with Crippen molar-refractivity contribution in [3.8, 4) is 0 Å². The zero-order valence-corrected chi connectivity index (χ0v) is 9.30. The Morgan fingerprint density at radius 2 is 1.93 bits per heavy atom. The van der Waals surface area contributed by atoms with Gasteiger partial charge in [0.2, 0.25) is 0 Å². The van der Waals surface area contributed by atoms with Crippen LogP contribution in [0.2, 0.25) is 0 Å². The van der Waals surface area contributed by atoms with Gasteiger partial charge in [0.05, 0.1) is 7.11 Å². The van der Waals surface area contributed by atoms with Crippen LogP contribution in [-0.2, 0) is 14.3 Å². The molecule has 0 spiro atoms. The first-order valence-electron chi connectivity index (χ1n) is 4.43. The number of carbonyl (C=O) groups is 2. The molecule has 6 heteroatoms. The molecule has 0 aromatic rings. The van der Waals surface area contributed by atoms with Gasteiger partial charge in [-0.25, -0.2) is 14.0 Å². The van der Waals surface area contributed by atoms with Crippen molar-refractivity contribution in [3.05, 3.63) is 0 Å². The normalized spacial score (nSPS) is 12.9. The first kappa shape index (κ1) is 13.7. The molecule has 0 unspecified atom stereocenters. The number of hydrogen-bond donors (Lipinski definition) is 1. The van der Waals surface area contributed by atoms with Gasteiger partial charge in [-0.1, -0.05) is 0 Å². The number of methoxy groups -OCH3 is 1. The zero-order chi connectivity index (χ0) is 12.1. The molecule has 0 saturated carbocycles. The average molecular weight is 221 g/mol. The molecule has 0 rings (SSSR count). The van der Waals surface area contributed by atoms with Gasteiger partial charge < -0.3 is 14.8 Å². The Labute approximate surface area is 87.9 Å². The molecule has 0 aromatic carbocycles. The van der Waals surface area contributed by atoms with E-state index in [1.165, 1.54) is 0 Å². The van der Waals surface area contributed by atoms with E-state index in [1.54, 1.807) is 20.8 Å². The fourth-order valence-corrected chi connectivity index (χ4v) is 0.753. The van der Waals surface area contributed by atoms with E-state index in [4.69, 9.17) is 4.74 Å². The van der Waals surface area contributed by atoms with Crippen molar-refractivity contribution in [1.82, 2.24) is 5.32 Å². The van der Waals surface area contributed by atoms with Gasteiger partial charge in [0.1, 0.15) is 12.3 Å². The smallest absolute Gasteiger partial charge is 0.408 e. The molecule has 0 saturated heterocycles. The van der Waals surface area contributed by atoms with Crippen molar-refractivity contribution < 1.29 is 23.5 Å². The van der Waals surface area contributed by atoms with Gasteiger partial charge in [-0.15, -0.1) is 0 Å². The maximum Gasteiger partial charge on any atom is 0.408 e. The minimum absolute atomic E-state index is 0.693. The van der Waals surface area contributed by atoms with E-state index in [1.807, 2.05) is 0 Å². The van der Waals surface area contributed by atoms with Crippen LogP contribution in [-0.4, -0.2) is 37.5 Å². The molecule has 0 radical (unpaired) electrons. The van der Waals surface area contributed by atoms with Gasteiger partial charge in [0.15, 0.2) is 6.04 Å². The van der Waals surface area contributed by atoms with Crippen LogP contribution < -0.4 is 5.32 Å². The average Bonchev–Trinajstić information content (AvgIpc) is 2.10. The Balaban J connectivity index is 4.20. The van der Waals surface area contributed by atoms with Crippen LogP contribution in [0.4, 0.5) is 9.18 Å². The van der Waals surface area contributed by atoms with Crippen molar-refractivity contribution in [1.29, 1.82) is 0 Å². The van der Waals surface area contributed by atoms with Gasteiger partial charge in [-0.2, -0.15) is 0 Å². The van der Waals surface area contributed by atoms with Crippen molar-refractivity contribution in [2.45, 2.75) is 32.4 Å². The fraction of sp³-hybridized carbons (Fsp3) is 0.778. The Morgan fingerprint density at radius 1 is 1.40 bits per heavy atom. The third-order valence-electron chi connectivity index (χ3n) is 1.33. The number of esters is 1. The quantitative estimate of drug-likeness (QED) is 0.723. The van der Waals surface area contributed by atoms with Crippen LogP contribution in [0, 0.1) is 0 Å². The monoisotopic (exact) mass is 221 g/mol. The van der Waals surface area contributed by atoms with Crippen LogP contribution in [0.5, 0.6) is 0 Å². The molecular weight excluding hydrogens is 205 g/mol. The predicted molar refractivity (Wildman–Crippen MR) is 51.1 cm³/mol. The van der Waals surface area contributed by atoms with Gasteiger partial charge in [-0.05, 0) is 20.8 Å². The fourth-order valence-electron chi connectivity index (χ4n) is 0.753. The molecule has 1 N–H and O–H groups in total. The van der Waals surface area contributed by atoms with E-state index in [9.17, 15) is 14.0 Å². The highest BCUT2D eigenvalue weighted by atomic mass is 19.1. The summed E-state index contributed by atoms with van der Waals surface area (Å²) in [5.74, 6) is -0.844. The van der Waals surface area contributed by atoms with Crippen LogP contribution in [0.15, 0.2) is 0 Å². The second-order valence-corrected chi connectivity index (χ2v) is 3.88. The van der Waals surface area contributed by atoms with E-state index in [0.717, 1.165) is 7.11 Å². The summed E-state index contributed by atoms with van der Waals surface area (Å²) in [7, 11) is 1.11. The number of carbonyl (C=O) groups excluding carboxylic acids is 2. The Hall–Kier alpha value is -1.33. The topological polar surface area (TPSA) is 64.6 Å². The van der Waals surface area contributed by atoms with E-state index >= 15 is 0 Å². The maximum absolute atomic E-state index is 12.3. The number of amides is 1. The molecule has 0 bridgehead atoms. The standard InChI is InChI=1S/C9H16FNO4/c1-9(2,3)15-8(13)11-6(5-10)7(12)14-4/h6H,5H2,1-4H3,(H,11,13)/t6-/m0/s1. The van der Waals surface area contributed by atoms with E-state index in [2.05, 4.69) is 10.1 Å². The van der Waals surface area contributed by atoms with Crippen molar-refractivity contribution in [3.63, 3.8) is 0 Å². The lowest BCUT2D eigenvalue weighted by Gasteiger charge is -2.21. The Bertz CT molecular complexity index is 237. The number of ether oxygens (including phenoxy) is 2. The highest BCUT2D eigenvalue weighted by Gasteiger charge is 2.24. The summed E-state index contributed by atoms with van der Waals surface area (Å²) < 4.78 is 21.4. The summed E-state index contributed by atoms with van der Waals surface area (Å²) in [5.41, 5.74) is -0.693. The van der Waals surface area contributed by atoms with Gasteiger partial charge in [0, 0.05) is 0 Å². The molecule has 15 heavy (non-hydrogen) atoms. The third-order valence-corrected chi connectivity index (χ3v) is 1.33. The number of alkyl carbamates (subject to hydrolysis) is 1. The minimum atomic E-state index is -1.31. The van der Waals surface area contributed by atoms with Crippen LogP contribution in [0.1, 0.15) is 20.8 Å². The molecule has 1 atom stereocenters. The summed E-state index contributed by atoms with van der Waals surface area (Å²) in [6, 6.07) is -1.31. The molecular formula is C9H16FNO4. The van der Waals surface area contributed by atoms with Crippen molar-refractivity contribution in [2.24, 2.45) is 0 Å². The molecule has 0 aliphatic carbocycles. The molecule has 5 nitrogen and oxygen atoms in total. The summed E-state index contributed by atoms with van der Waals surface area (Å²) in [5, 5.41) is 2.06. The Kier molecular flexibility index (Phi) is 5.04. The van der Waals surface area contributed by atoms with Crippen molar-refractivity contribution in [2.75, 3.05) is 13.8 Å². The summed E-state index contributed by atoms with van der Waals surface area (Å²) in [6.45, 7) is 3.95. The summed E-state index contributed by atoms with van der Waals surface area (Å²) in [6.07, 6.45) is -0.851. The first-order chi connectivity index (χ1) is 6.80. The Morgan fingerprint density at radius 3 is 2.27 bits per heavy atom. The minimum Gasteiger partial charge on any atom is -0.467 e. The lowest BCUT2D eigenvalue weighted by Crippen LogP contribution is -2.45. The first-order valence-corrected chi connectivity index (χ1v) is 4.43. The molecule has 0 heterocycles. The largest absolute Gasteiger partial charge is 0.467 e. The van der Waals surface area contributed by atoms with Crippen LogP contribution in [0.3, 0.4) is 0 Å². The molecule has 0 aliphatic heterocycles. The number of hydrogen-bond acceptors (Lipinski definition) is 4. The lowest BCUT2D eigenvalue weighted by atomic mass is 10.2. The van der Waals surface area contributed by atoms with Crippen LogP contribution in [0.25, 0.3) is 0 Å². The number of nitrogens with one attached hydrogen (secondary N) is 1. The number of halogens is 1. The molecule has 88 valence electrons. The molecule has 0 aliphatic rings.